The number of aliphatic hydroxyl groups excluding tert-OH is 1. The summed E-state index contributed by atoms with van der Waals surface area (Å²) in [5.74, 6) is -0.900. The number of nitrogens with zero attached hydrogens (tertiary/aromatic N) is 1. The predicted octanol–water partition coefficient (Wildman–Crippen LogP) is 4.18. The molecule has 0 saturated heterocycles. The van der Waals surface area contributed by atoms with Crippen LogP contribution in [-0.4, -0.2) is 11.7 Å². The highest BCUT2D eigenvalue weighted by molar-refractivity contribution is 5.68. The summed E-state index contributed by atoms with van der Waals surface area (Å²) in [6.45, 7) is 3.76. The molecule has 0 saturated carbocycles. The molecule has 0 heterocycles. The zero-order chi connectivity index (χ0) is 14.7. The highest BCUT2D eigenvalue weighted by atomic mass is 19.1. The van der Waals surface area contributed by atoms with Crippen LogP contribution in [0.15, 0.2) is 42.5 Å². The third-order valence-corrected chi connectivity index (χ3v) is 3.20. The average molecular weight is 277 g/mol. The lowest BCUT2D eigenvalue weighted by molar-refractivity contribution is 0.199. The first-order valence-electron chi connectivity index (χ1n) is 6.54. The molecule has 1 N–H and O–H groups in total. The fraction of sp³-hybridized carbons (Fsp3) is 0.250. The first-order valence-corrected chi connectivity index (χ1v) is 6.54. The molecule has 2 nitrogen and oxygen atoms in total. The van der Waals surface area contributed by atoms with Gasteiger partial charge in [-0.2, -0.15) is 0 Å². The topological polar surface area (TPSA) is 23.5 Å². The van der Waals surface area contributed by atoms with Crippen LogP contribution in [-0.2, 0) is 0 Å². The van der Waals surface area contributed by atoms with E-state index in [4.69, 9.17) is 0 Å². The molecule has 20 heavy (non-hydrogen) atoms. The van der Waals surface area contributed by atoms with Crippen LogP contribution in [0.25, 0.3) is 0 Å². The van der Waals surface area contributed by atoms with Gasteiger partial charge < -0.3 is 10.0 Å². The van der Waals surface area contributed by atoms with Crippen LogP contribution < -0.4 is 4.90 Å². The van der Waals surface area contributed by atoms with Gasteiger partial charge in [0.25, 0.3) is 0 Å². The van der Waals surface area contributed by atoms with Crippen molar-refractivity contribution in [3.05, 3.63) is 59.7 Å². The van der Waals surface area contributed by atoms with E-state index in [1.807, 2.05) is 6.92 Å². The Hall–Kier alpha value is -1.94. The van der Waals surface area contributed by atoms with Crippen LogP contribution in [0.2, 0.25) is 0 Å². The SMILES string of the molecule is CCN(c1ccccc1F)c1c(F)cccc1C(C)O. The number of anilines is 2. The number of hydrogen-bond donors (Lipinski definition) is 1. The second-order valence-electron chi connectivity index (χ2n) is 4.55. The molecule has 2 aromatic carbocycles. The molecule has 2 rings (SSSR count). The van der Waals surface area contributed by atoms with Gasteiger partial charge in [-0.1, -0.05) is 24.3 Å². The summed E-state index contributed by atoms with van der Waals surface area (Å²) in [5.41, 5.74) is 0.951. The Bertz CT molecular complexity index is 599. The Morgan fingerprint density at radius 2 is 1.70 bits per heavy atom. The standard InChI is InChI=1S/C16H17F2NO/c1-3-19(15-10-5-4-8-13(15)17)16-12(11(2)20)7-6-9-14(16)18/h4-11,20H,3H2,1-2H3. The molecule has 0 radical (unpaired) electrons. The van der Waals surface area contributed by atoms with Crippen molar-refractivity contribution in [2.45, 2.75) is 20.0 Å². The van der Waals surface area contributed by atoms with Gasteiger partial charge in [0.15, 0.2) is 0 Å². The second kappa shape index (κ2) is 6.01. The molecule has 1 atom stereocenters. The van der Waals surface area contributed by atoms with Gasteiger partial charge in [0, 0.05) is 12.1 Å². The van der Waals surface area contributed by atoms with E-state index in [1.54, 1.807) is 31.2 Å². The summed E-state index contributed by atoms with van der Waals surface area (Å²) in [6.07, 6.45) is -0.832. The fourth-order valence-corrected chi connectivity index (χ4v) is 2.27. The summed E-state index contributed by atoms with van der Waals surface area (Å²) >= 11 is 0. The van der Waals surface area contributed by atoms with Gasteiger partial charge in [0.05, 0.1) is 17.5 Å². The third-order valence-electron chi connectivity index (χ3n) is 3.20. The lowest BCUT2D eigenvalue weighted by atomic mass is 10.1. The lowest BCUT2D eigenvalue weighted by Gasteiger charge is -2.27. The largest absolute Gasteiger partial charge is 0.389 e. The van der Waals surface area contributed by atoms with Gasteiger partial charge in [-0.15, -0.1) is 0 Å². The molecule has 0 aromatic heterocycles. The van der Waals surface area contributed by atoms with Gasteiger partial charge in [-0.25, -0.2) is 8.78 Å². The quantitative estimate of drug-likeness (QED) is 0.906. The molecule has 1 unspecified atom stereocenters. The minimum absolute atomic E-state index is 0.218. The number of aliphatic hydroxyl groups is 1. The summed E-state index contributed by atoms with van der Waals surface area (Å²) in [4.78, 5) is 1.53. The predicted molar refractivity (Wildman–Crippen MR) is 76.1 cm³/mol. The Kier molecular flexibility index (Phi) is 4.35. The maximum absolute atomic E-state index is 14.2. The minimum atomic E-state index is -0.832. The molecular formula is C16H17F2NO. The third kappa shape index (κ3) is 2.65. The van der Waals surface area contributed by atoms with Gasteiger partial charge >= 0.3 is 0 Å². The van der Waals surface area contributed by atoms with E-state index < -0.39 is 17.7 Å². The van der Waals surface area contributed by atoms with Crippen molar-refractivity contribution in [2.24, 2.45) is 0 Å². The van der Waals surface area contributed by atoms with Crippen LogP contribution in [0, 0.1) is 11.6 Å². The number of halogens is 2. The Morgan fingerprint density at radius 1 is 1.05 bits per heavy atom. The van der Waals surface area contributed by atoms with E-state index in [2.05, 4.69) is 0 Å². The van der Waals surface area contributed by atoms with E-state index in [1.165, 1.54) is 23.1 Å². The number of para-hydroxylation sites is 2. The monoisotopic (exact) mass is 277 g/mol. The Balaban J connectivity index is 2.61. The molecule has 0 aliphatic rings. The lowest BCUT2D eigenvalue weighted by Crippen LogP contribution is -2.21. The molecule has 4 heteroatoms. The molecule has 0 spiro atoms. The van der Waals surface area contributed by atoms with E-state index >= 15 is 0 Å². The first-order chi connectivity index (χ1) is 9.56. The Morgan fingerprint density at radius 3 is 2.30 bits per heavy atom. The zero-order valence-corrected chi connectivity index (χ0v) is 11.5. The highest BCUT2D eigenvalue weighted by Gasteiger charge is 2.20. The maximum Gasteiger partial charge on any atom is 0.147 e. The van der Waals surface area contributed by atoms with Gasteiger partial charge in [0.2, 0.25) is 0 Å². The van der Waals surface area contributed by atoms with Crippen molar-refractivity contribution in [3.8, 4) is 0 Å². The smallest absolute Gasteiger partial charge is 0.147 e. The van der Waals surface area contributed by atoms with Crippen LogP contribution in [0.5, 0.6) is 0 Å². The number of benzene rings is 2. The van der Waals surface area contributed by atoms with E-state index in [0.29, 0.717) is 17.8 Å². The molecule has 0 aliphatic heterocycles. The summed E-state index contributed by atoms with van der Waals surface area (Å²) in [5, 5.41) is 9.80. The minimum Gasteiger partial charge on any atom is -0.389 e. The van der Waals surface area contributed by atoms with Crippen molar-refractivity contribution in [1.82, 2.24) is 0 Å². The van der Waals surface area contributed by atoms with E-state index in [9.17, 15) is 13.9 Å². The first kappa shape index (κ1) is 14.5. The number of hydrogen-bond acceptors (Lipinski definition) is 2. The second-order valence-corrected chi connectivity index (χ2v) is 4.55. The van der Waals surface area contributed by atoms with E-state index in [0.717, 1.165) is 0 Å². The van der Waals surface area contributed by atoms with Gasteiger partial charge in [-0.3, -0.25) is 0 Å². The molecule has 0 aliphatic carbocycles. The van der Waals surface area contributed by atoms with Crippen molar-refractivity contribution < 1.29 is 13.9 Å². The molecule has 0 bridgehead atoms. The summed E-state index contributed by atoms with van der Waals surface area (Å²) in [7, 11) is 0. The molecule has 2 aromatic rings. The zero-order valence-electron chi connectivity index (χ0n) is 11.5. The highest BCUT2D eigenvalue weighted by Crippen LogP contribution is 2.35. The van der Waals surface area contributed by atoms with Crippen LogP contribution in [0.3, 0.4) is 0 Å². The molecular weight excluding hydrogens is 260 g/mol. The Labute approximate surface area is 117 Å². The molecule has 0 fully saturated rings. The van der Waals surface area contributed by atoms with Crippen LogP contribution in [0.1, 0.15) is 25.5 Å². The summed E-state index contributed by atoms with van der Waals surface area (Å²) < 4.78 is 28.1. The van der Waals surface area contributed by atoms with E-state index in [-0.39, 0.29) is 5.69 Å². The number of rotatable bonds is 4. The van der Waals surface area contributed by atoms with Crippen LogP contribution in [0.4, 0.5) is 20.2 Å². The van der Waals surface area contributed by atoms with Crippen molar-refractivity contribution >= 4 is 11.4 Å². The van der Waals surface area contributed by atoms with Crippen molar-refractivity contribution in [1.29, 1.82) is 0 Å². The van der Waals surface area contributed by atoms with Crippen molar-refractivity contribution in [3.63, 3.8) is 0 Å². The fourth-order valence-electron chi connectivity index (χ4n) is 2.27. The van der Waals surface area contributed by atoms with Crippen LogP contribution >= 0.6 is 0 Å². The van der Waals surface area contributed by atoms with Gasteiger partial charge in [0.1, 0.15) is 11.6 Å². The molecule has 0 amide bonds. The van der Waals surface area contributed by atoms with Crippen molar-refractivity contribution in [2.75, 3.05) is 11.4 Å². The normalized spacial score (nSPS) is 12.2. The average Bonchev–Trinajstić information content (AvgIpc) is 2.43. The van der Waals surface area contributed by atoms with Gasteiger partial charge in [-0.05, 0) is 32.0 Å². The maximum atomic E-state index is 14.2. The molecule has 106 valence electrons. The summed E-state index contributed by atoms with van der Waals surface area (Å²) in [6, 6.07) is 10.7.